The van der Waals surface area contributed by atoms with Gasteiger partial charge in [0.25, 0.3) is 5.69 Å². The van der Waals surface area contributed by atoms with Crippen LogP contribution in [-0.2, 0) is 4.79 Å². The molecule has 0 aliphatic heterocycles. The van der Waals surface area contributed by atoms with E-state index in [1.807, 2.05) is 0 Å². The average Bonchev–Trinajstić information content (AvgIpc) is 2.27. The van der Waals surface area contributed by atoms with Crippen molar-refractivity contribution < 1.29 is 9.72 Å². The Balaban J connectivity index is 2.62. The number of carbonyl (C=O) groups excluding carboxylic acids is 1. The fourth-order valence-corrected chi connectivity index (χ4v) is 1.82. The van der Waals surface area contributed by atoms with Gasteiger partial charge in [-0.15, -0.1) is 0 Å². The van der Waals surface area contributed by atoms with Crippen molar-refractivity contribution in [2.75, 3.05) is 0 Å². The highest BCUT2D eigenvalue weighted by molar-refractivity contribution is 5.74. The van der Waals surface area contributed by atoms with E-state index in [1.54, 1.807) is 24.3 Å². The molecule has 1 unspecified atom stereocenters. The molecule has 0 heterocycles. The number of rotatable bonds is 2. The Labute approximate surface area is 86.4 Å². The third-order valence-electron chi connectivity index (χ3n) is 2.55. The lowest BCUT2D eigenvalue weighted by atomic mass is 9.87. The number of benzene rings is 1. The van der Waals surface area contributed by atoms with Gasteiger partial charge in [-0.05, 0) is 12.0 Å². The summed E-state index contributed by atoms with van der Waals surface area (Å²) >= 11 is 0. The lowest BCUT2D eigenvalue weighted by Gasteiger charge is -2.15. The lowest BCUT2D eigenvalue weighted by molar-refractivity contribution is -0.385. The third-order valence-corrected chi connectivity index (χ3v) is 2.55. The highest BCUT2D eigenvalue weighted by Gasteiger charge is 2.22. The molecule has 1 aromatic rings. The Bertz CT molecular complexity index is 451. The molecule has 0 radical (unpaired) electrons. The molecular formula is C11H9NO3. The number of fused-ring (bicyclic) bond motifs is 1. The first-order valence-corrected chi connectivity index (χ1v) is 4.63. The van der Waals surface area contributed by atoms with E-state index in [9.17, 15) is 14.9 Å². The molecule has 0 aromatic heterocycles. The summed E-state index contributed by atoms with van der Waals surface area (Å²) in [5.74, 6) is -0.245. The predicted octanol–water partition coefficient (Wildman–Crippen LogP) is 2.29. The number of aldehydes is 1. The summed E-state index contributed by atoms with van der Waals surface area (Å²) in [5, 5.41) is 10.8. The molecule has 1 aliphatic rings. The standard InChI is InChI=1S/C11H9NO3/c13-7-8-3-1-5-10-9(8)4-2-6-11(10)12(14)15/h1-2,4-8H,3H2. The zero-order chi connectivity index (χ0) is 10.8. The molecule has 0 saturated heterocycles. The summed E-state index contributed by atoms with van der Waals surface area (Å²) in [6.45, 7) is 0. The third kappa shape index (κ3) is 1.54. The first kappa shape index (κ1) is 9.58. The van der Waals surface area contributed by atoms with E-state index < -0.39 is 4.92 Å². The van der Waals surface area contributed by atoms with Crippen LogP contribution in [0.25, 0.3) is 6.08 Å². The van der Waals surface area contributed by atoms with Gasteiger partial charge in [0.15, 0.2) is 0 Å². The van der Waals surface area contributed by atoms with Crippen LogP contribution >= 0.6 is 0 Å². The number of nitrogens with zero attached hydrogens (tertiary/aromatic N) is 1. The van der Waals surface area contributed by atoms with Crippen molar-refractivity contribution in [3.05, 3.63) is 45.5 Å². The fourth-order valence-electron chi connectivity index (χ4n) is 1.82. The summed E-state index contributed by atoms with van der Waals surface area (Å²) < 4.78 is 0. The number of hydrogen-bond donors (Lipinski definition) is 0. The molecule has 76 valence electrons. The van der Waals surface area contributed by atoms with Gasteiger partial charge < -0.3 is 4.79 Å². The summed E-state index contributed by atoms with van der Waals surface area (Å²) in [6, 6.07) is 4.84. The Kier molecular flexibility index (Phi) is 2.33. The zero-order valence-corrected chi connectivity index (χ0v) is 7.92. The highest BCUT2D eigenvalue weighted by atomic mass is 16.6. The van der Waals surface area contributed by atoms with Crippen molar-refractivity contribution in [3.8, 4) is 0 Å². The second kappa shape index (κ2) is 3.65. The van der Waals surface area contributed by atoms with Gasteiger partial charge in [0.05, 0.1) is 10.5 Å². The minimum atomic E-state index is -0.420. The molecule has 1 atom stereocenters. The summed E-state index contributed by atoms with van der Waals surface area (Å²) in [4.78, 5) is 21.1. The Hall–Kier alpha value is -1.97. The van der Waals surface area contributed by atoms with Crippen LogP contribution in [0.1, 0.15) is 23.5 Å². The smallest absolute Gasteiger partial charge is 0.276 e. The van der Waals surface area contributed by atoms with E-state index in [1.165, 1.54) is 6.07 Å². The maximum absolute atomic E-state index is 10.8. The SMILES string of the molecule is O=CC1CC=Cc2c1cccc2[N+](=O)[O-]. The second-order valence-corrected chi connectivity index (χ2v) is 3.42. The van der Waals surface area contributed by atoms with Crippen LogP contribution < -0.4 is 0 Å². The molecule has 4 nitrogen and oxygen atoms in total. The van der Waals surface area contributed by atoms with Crippen LogP contribution in [0.2, 0.25) is 0 Å². The molecule has 4 heteroatoms. The molecule has 1 aromatic carbocycles. The Morgan fingerprint density at radius 3 is 2.93 bits per heavy atom. The number of nitro benzene ring substituents is 1. The van der Waals surface area contributed by atoms with Gasteiger partial charge in [0, 0.05) is 12.0 Å². The van der Waals surface area contributed by atoms with Gasteiger partial charge in [-0.1, -0.05) is 24.3 Å². The lowest BCUT2D eigenvalue weighted by Crippen LogP contribution is -2.06. The van der Waals surface area contributed by atoms with Crippen molar-refractivity contribution >= 4 is 18.0 Å². The van der Waals surface area contributed by atoms with Crippen LogP contribution in [-0.4, -0.2) is 11.2 Å². The van der Waals surface area contributed by atoms with E-state index in [0.717, 1.165) is 11.8 Å². The van der Waals surface area contributed by atoms with Crippen LogP contribution in [0.15, 0.2) is 24.3 Å². The van der Waals surface area contributed by atoms with Gasteiger partial charge >= 0.3 is 0 Å². The molecule has 0 spiro atoms. The van der Waals surface area contributed by atoms with E-state index in [4.69, 9.17) is 0 Å². The van der Waals surface area contributed by atoms with Crippen molar-refractivity contribution in [2.45, 2.75) is 12.3 Å². The van der Waals surface area contributed by atoms with Crippen LogP contribution in [0, 0.1) is 10.1 Å². The highest BCUT2D eigenvalue weighted by Crippen LogP contribution is 2.33. The van der Waals surface area contributed by atoms with Crippen LogP contribution in [0.5, 0.6) is 0 Å². The first-order valence-electron chi connectivity index (χ1n) is 4.63. The fraction of sp³-hybridized carbons (Fsp3) is 0.182. The molecule has 0 fully saturated rings. The molecule has 0 bridgehead atoms. The van der Waals surface area contributed by atoms with Gasteiger partial charge in [0.1, 0.15) is 6.29 Å². The van der Waals surface area contributed by atoms with Crippen molar-refractivity contribution in [1.82, 2.24) is 0 Å². The summed E-state index contributed by atoms with van der Waals surface area (Å²) in [5.41, 5.74) is 1.38. The van der Waals surface area contributed by atoms with Gasteiger partial charge in [-0.3, -0.25) is 10.1 Å². The average molecular weight is 203 g/mol. The van der Waals surface area contributed by atoms with Crippen LogP contribution in [0.3, 0.4) is 0 Å². The van der Waals surface area contributed by atoms with Crippen molar-refractivity contribution in [1.29, 1.82) is 0 Å². The minimum Gasteiger partial charge on any atom is -0.303 e. The summed E-state index contributed by atoms with van der Waals surface area (Å²) in [7, 11) is 0. The zero-order valence-electron chi connectivity index (χ0n) is 7.92. The summed E-state index contributed by atoms with van der Waals surface area (Å²) in [6.07, 6.45) is 4.98. The van der Waals surface area contributed by atoms with E-state index in [0.29, 0.717) is 12.0 Å². The molecule has 15 heavy (non-hydrogen) atoms. The minimum absolute atomic E-state index is 0.0651. The van der Waals surface area contributed by atoms with Crippen molar-refractivity contribution in [3.63, 3.8) is 0 Å². The molecule has 1 aliphatic carbocycles. The van der Waals surface area contributed by atoms with Gasteiger partial charge in [0.2, 0.25) is 0 Å². The predicted molar refractivity (Wildman–Crippen MR) is 55.6 cm³/mol. The normalized spacial score (nSPS) is 18.3. The van der Waals surface area contributed by atoms with Crippen molar-refractivity contribution in [2.24, 2.45) is 0 Å². The van der Waals surface area contributed by atoms with Gasteiger partial charge in [-0.2, -0.15) is 0 Å². The van der Waals surface area contributed by atoms with E-state index in [-0.39, 0.29) is 11.6 Å². The maximum Gasteiger partial charge on any atom is 0.276 e. The molecular weight excluding hydrogens is 194 g/mol. The number of allylic oxidation sites excluding steroid dienone is 1. The monoisotopic (exact) mass is 203 g/mol. The number of carbonyl (C=O) groups is 1. The first-order chi connectivity index (χ1) is 7.24. The Morgan fingerprint density at radius 1 is 1.47 bits per heavy atom. The molecule has 0 saturated carbocycles. The molecule has 2 rings (SSSR count). The Morgan fingerprint density at radius 2 is 2.27 bits per heavy atom. The van der Waals surface area contributed by atoms with Gasteiger partial charge in [-0.25, -0.2) is 0 Å². The largest absolute Gasteiger partial charge is 0.303 e. The maximum atomic E-state index is 10.8. The molecule has 0 N–H and O–H groups in total. The number of hydrogen-bond acceptors (Lipinski definition) is 3. The van der Waals surface area contributed by atoms with E-state index in [2.05, 4.69) is 0 Å². The number of nitro groups is 1. The topological polar surface area (TPSA) is 60.2 Å². The molecule has 0 amide bonds. The van der Waals surface area contributed by atoms with E-state index >= 15 is 0 Å². The second-order valence-electron chi connectivity index (χ2n) is 3.42. The van der Waals surface area contributed by atoms with Crippen LogP contribution in [0.4, 0.5) is 5.69 Å². The quantitative estimate of drug-likeness (QED) is 0.421.